The summed E-state index contributed by atoms with van der Waals surface area (Å²) in [5.74, 6) is -0.0614. The maximum Gasteiger partial charge on any atom is 0.173 e. The number of hydrogen-bond donors (Lipinski definition) is 0. The molecule has 102 valence electrons. The number of carbonyl (C=O) groups is 1. The van der Waals surface area contributed by atoms with E-state index in [-0.39, 0.29) is 11.7 Å². The summed E-state index contributed by atoms with van der Waals surface area (Å²) < 4.78 is 0.787. The molecule has 1 aromatic heterocycles. The van der Waals surface area contributed by atoms with E-state index in [0.717, 1.165) is 29.4 Å². The second-order valence-electron chi connectivity index (χ2n) is 4.98. The molecule has 0 saturated heterocycles. The predicted octanol–water partition coefficient (Wildman–Crippen LogP) is 4.80. The van der Waals surface area contributed by atoms with Crippen LogP contribution in [0.2, 0.25) is 5.02 Å². The van der Waals surface area contributed by atoms with Gasteiger partial charge in [0.25, 0.3) is 0 Å². The second-order valence-corrected chi connectivity index (χ2v) is 6.27. The van der Waals surface area contributed by atoms with Gasteiger partial charge in [0.05, 0.1) is 11.6 Å². The average Bonchev–Trinajstić information content (AvgIpc) is 2.48. The van der Waals surface area contributed by atoms with Gasteiger partial charge in [-0.1, -0.05) is 33.6 Å². The number of ketones is 1. The first-order chi connectivity index (χ1) is 9.66. The molecule has 1 atom stereocenters. The van der Waals surface area contributed by atoms with Crippen molar-refractivity contribution in [3.8, 4) is 0 Å². The fraction of sp³-hybridized carbons (Fsp3) is 0.250. The van der Waals surface area contributed by atoms with Crippen LogP contribution >= 0.6 is 27.5 Å². The number of aryl methyl sites for hydroxylation is 1. The number of aromatic nitrogens is 1. The molecule has 0 amide bonds. The molecule has 1 heterocycles. The first-order valence-electron chi connectivity index (χ1n) is 6.60. The molecule has 1 aromatic carbocycles. The van der Waals surface area contributed by atoms with Gasteiger partial charge in [-0.25, -0.2) is 0 Å². The van der Waals surface area contributed by atoms with Gasteiger partial charge in [0.1, 0.15) is 0 Å². The number of carbonyl (C=O) groups excluding carboxylic acids is 1. The molecule has 1 aliphatic rings. The van der Waals surface area contributed by atoms with E-state index < -0.39 is 0 Å². The zero-order valence-electron chi connectivity index (χ0n) is 10.8. The van der Waals surface area contributed by atoms with E-state index in [1.54, 1.807) is 18.3 Å². The summed E-state index contributed by atoms with van der Waals surface area (Å²) in [6, 6.07) is 9.31. The highest BCUT2D eigenvalue weighted by Crippen LogP contribution is 2.34. The first-order valence-corrected chi connectivity index (χ1v) is 7.77. The van der Waals surface area contributed by atoms with Crippen LogP contribution in [0.3, 0.4) is 0 Å². The van der Waals surface area contributed by atoms with Crippen LogP contribution in [0.1, 0.15) is 40.4 Å². The third kappa shape index (κ3) is 2.52. The lowest BCUT2D eigenvalue weighted by Crippen LogP contribution is -2.20. The Labute approximate surface area is 131 Å². The van der Waals surface area contributed by atoms with E-state index in [9.17, 15) is 4.79 Å². The van der Waals surface area contributed by atoms with Crippen LogP contribution in [0.5, 0.6) is 0 Å². The topological polar surface area (TPSA) is 30.0 Å². The molecule has 1 aliphatic carbocycles. The molecule has 0 aliphatic heterocycles. The smallest absolute Gasteiger partial charge is 0.173 e. The Kier molecular flexibility index (Phi) is 3.90. The third-order valence-corrected chi connectivity index (χ3v) is 4.63. The molecule has 3 rings (SSSR count). The highest BCUT2D eigenvalue weighted by molar-refractivity contribution is 9.10. The number of fused-ring (bicyclic) bond motifs is 1. The summed E-state index contributed by atoms with van der Waals surface area (Å²) in [6.07, 6.45) is 4.64. The van der Waals surface area contributed by atoms with E-state index in [1.807, 2.05) is 12.1 Å². The van der Waals surface area contributed by atoms with Gasteiger partial charge in [-0.3, -0.25) is 9.78 Å². The zero-order valence-corrected chi connectivity index (χ0v) is 13.1. The van der Waals surface area contributed by atoms with E-state index in [4.69, 9.17) is 11.6 Å². The molecule has 0 fully saturated rings. The zero-order chi connectivity index (χ0) is 14.1. The van der Waals surface area contributed by atoms with Gasteiger partial charge >= 0.3 is 0 Å². The molecule has 0 spiro atoms. The van der Waals surface area contributed by atoms with Crippen LogP contribution in [-0.4, -0.2) is 10.8 Å². The van der Waals surface area contributed by atoms with Crippen molar-refractivity contribution in [3.63, 3.8) is 0 Å². The lowest BCUT2D eigenvalue weighted by molar-refractivity contribution is 0.0948. The van der Waals surface area contributed by atoms with E-state index in [0.29, 0.717) is 10.6 Å². The van der Waals surface area contributed by atoms with Gasteiger partial charge in [-0.05, 0) is 49.1 Å². The van der Waals surface area contributed by atoms with Crippen molar-refractivity contribution in [2.75, 3.05) is 0 Å². The average molecular weight is 351 g/mol. The van der Waals surface area contributed by atoms with Crippen molar-refractivity contribution in [2.45, 2.75) is 25.2 Å². The summed E-state index contributed by atoms with van der Waals surface area (Å²) in [4.78, 5) is 17.2. The first kappa shape index (κ1) is 13.8. The summed E-state index contributed by atoms with van der Waals surface area (Å²) in [7, 11) is 0. The fourth-order valence-electron chi connectivity index (χ4n) is 2.74. The van der Waals surface area contributed by atoms with Crippen LogP contribution in [0, 0.1) is 0 Å². The molecule has 0 bridgehead atoms. The SMILES string of the molecule is O=C(c1cc(Cl)ccc1Br)C1CCCc2cccnc21. The van der Waals surface area contributed by atoms with Crippen molar-refractivity contribution >= 4 is 33.3 Å². The van der Waals surface area contributed by atoms with Crippen LogP contribution in [-0.2, 0) is 6.42 Å². The van der Waals surface area contributed by atoms with Crippen LogP contribution in [0.15, 0.2) is 41.0 Å². The van der Waals surface area contributed by atoms with Crippen molar-refractivity contribution < 1.29 is 4.79 Å². The van der Waals surface area contributed by atoms with Crippen molar-refractivity contribution in [1.29, 1.82) is 0 Å². The maximum absolute atomic E-state index is 12.8. The van der Waals surface area contributed by atoms with Gasteiger partial charge in [0, 0.05) is 21.3 Å². The largest absolute Gasteiger partial charge is 0.293 e. The standard InChI is InChI=1S/C16H13BrClNO/c17-14-7-6-11(18)9-13(14)16(20)12-5-1-3-10-4-2-8-19-15(10)12/h2,4,6-9,12H,1,3,5H2. The summed E-state index contributed by atoms with van der Waals surface area (Å²) in [6.45, 7) is 0. The van der Waals surface area contributed by atoms with Gasteiger partial charge < -0.3 is 0 Å². The van der Waals surface area contributed by atoms with Gasteiger partial charge in [0.15, 0.2) is 5.78 Å². The second kappa shape index (κ2) is 5.66. The van der Waals surface area contributed by atoms with Crippen molar-refractivity contribution in [3.05, 3.63) is 62.8 Å². The Morgan fingerprint density at radius 1 is 1.35 bits per heavy atom. The maximum atomic E-state index is 12.8. The number of Topliss-reactive ketones (excluding diaryl/α,β-unsaturated/α-hetero) is 1. The quantitative estimate of drug-likeness (QED) is 0.728. The minimum Gasteiger partial charge on any atom is -0.293 e. The summed E-state index contributed by atoms with van der Waals surface area (Å²) in [5, 5.41) is 0.577. The Morgan fingerprint density at radius 3 is 3.05 bits per heavy atom. The number of halogens is 2. The minimum atomic E-state index is -0.158. The Hall–Kier alpha value is -1.19. The Morgan fingerprint density at radius 2 is 2.20 bits per heavy atom. The Bertz CT molecular complexity index is 671. The minimum absolute atomic E-state index is 0.0963. The van der Waals surface area contributed by atoms with Gasteiger partial charge in [-0.2, -0.15) is 0 Å². The van der Waals surface area contributed by atoms with Crippen LogP contribution in [0.4, 0.5) is 0 Å². The molecular formula is C16H13BrClNO. The molecule has 4 heteroatoms. The van der Waals surface area contributed by atoms with Crippen LogP contribution in [0.25, 0.3) is 0 Å². The van der Waals surface area contributed by atoms with Gasteiger partial charge in [0.2, 0.25) is 0 Å². The number of hydrogen-bond acceptors (Lipinski definition) is 2. The Balaban J connectivity index is 2.02. The highest BCUT2D eigenvalue weighted by Gasteiger charge is 2.29. The molecular weight excluding hydrogens is 338 g/mol. The number of nitrogens with zero attached hydrogens (tertiary/aromatic N) is 1. The third-order valence-electron chi connectivity index (χ3n) is 3.71. The number of pyridine rings is 1. The predicted molar refractivity (Wildman–Crippen MR) is 83.4 cm³/mol. The van der Waals surface area contributed by atoms with Crippen molar-refractivity contribution in [1.82, 2.24) is 4.98 Å². The monoisotopic (exact) mass is 349 g/mol. The molecule has 0 radical (unpaired) electrons. The molecule has 1 unspecified atom stereocenters. The van der Waals surface area contributed by atoms with E-state index in [2.05, 4.69) is 27.0 Å². The number of rotatable bonds is 2. The normalized spacial score (nSPS) is 17.6. The number of benzene rings is 1. The molecule has 0 saturated carbocycles. The molecule has 2 aromatic rings. The van der Waals surface area contributed by atoms with Crippen molar-refractivity contribution in [2.24, 2.45) is 0 Å². The molecule has 2 nitrogen and oxygen atoms in total. The summed E-state index contributed by atoms with van der Waals surface area (Å²) in [5.41, 5.74) is 2.76. The lowest BCUT2D eigenvalue weighted by atomic mass is 9.82. The molecule has 0 N–H and O–H groups in total. The lowest BCUT2D eigenvalue weighted by Gasteiger charge is -2.23. The van der Waals surface area contributed by atoms with Gasteiger partial charge in [-0.15, -0.1) is 0 Å². The van der Waals surface area contributed by atoms with E-state index >= 15 is 0 Å². The highest BCUT2D eigenvalue weighted by atomic mass is 79.9. The van der Waals surface area contributed by atoms with Crippen LogP contribution < -0.4 is 0 Å². The summed E-state index contributed by atoms with van der Waals surface area (Å²) >= 11 is 9.45. The fourth-order valence-corrected chi connectivity index (χ4v) is 3.35. The van der Waals surface area contributed by atoms with E-state index in [1.165, 1.54) is 5.56 Å². The molecule has 20 heavy (non-hydrogen) atoms.